The van der Waals surface area contributed by atoms with Gasteiger partial charge in [-0.15, -0.1) is 0 Å². The molecule has 23 heavy (non-hydrogen) atoms. The van der Waals surface area contributed by atoms with Crippen molar-refractivity contribution in [1.29, 1.82) is 0 Å². The summed E-state index contributed by atoms with van der Waals surface area (Å²) in [6.07, 6.45) is 0.916. The first-order chi connectivity index (χ1) is 11.1. The molecule has 5 heteroatoms. The van der Waals surface area contributed by atoms with Gasteiger partial charge in [-0.2, -0.15) is 0 Å². The molecule has 0 heterocycles. The molecule has 2 aromatic carbocycles. The maximum atomic E-state index is 12.3. The molecular weight excluding hydrogens is 292 g/mol. The zero-order valence-electron chi connectivity index (χ0n) is 13.5. The van der Waals surface area contributed by atoms with Crippen molar-refractivity contribution in [2.75, 3.05) is 24.3 Å². The highest BCUT2D eigenvalue weighted by Gasteiger charge is 2.10. The third kappa shape index (κ3) is 4.64. The van der Waals surface area contributed by atoms with E-state index in [0.29, 0.717) is 41.7 Å². The van der Waals surface area contributed by atoms with Crippen LogP contribution in [0.1, 0.15) is 30.6 Å². The molecule has 0 atom stereocenters. The van der Waals surface area contributed by atoms with E-state index in [1.54, 1.807) is 36.4 Å². The Balaban J connectivity index is 2.09. The highest BCUT2D eigenvalue weighted by atomic mass is 16.5. The van der Waals surface area contributed by atoms with Crippen molar-refractivity contribution in [1.82, 2.24) is 0 Å². The minimum absolute atomic E-state index is 0.234. The molecule has 0 aliphatic rings. The van der Waals surface area contributed by atoms with Gasteiger partial charge in [-0.3, -0.25) is 4.79 Å². The van der Waals surface area contributed by atoms with E-state index in [2.05, 4.69) is 5.32 Å². The summed E-state index contributed by atoms with van der Waals surface area (Å²) in [6.45, 7) is 5.12. The molecule has 0 aliphatic heterocycles. The van der Waals surface area contributed by atoms with Crippen LogP contribution in [0, 0.1) is 0 Å². The summed E-state index contributed by atoms with van der Waals surface area (Å²) in [5, 5.41) is 2.80. The second-order valence-electron chi connectivity index (χ2n) is 5.01. The Morgan fingerprint density at radius 1 is 1.09 bits per heavy atom. The summed E-state index contributed by atoms with van der Waals surface area (Å²) < 4.78 is 10.9. The maximum absolute atomic E-state index is 12.3. The summed E-state index contributed by atoms with van der Waals surface area (Å²) in [5.41, 5.74) is 7.49. The van der Waals surface area contributed by atoms with Crippen LogP contribution >= 0.6 is 0 Å². The van der Waals surface area contributed by atoms with Crippen LogP contribution in [-0.4, -0.2) is 19.1 Å². The Kier molecular flexibility index (Phi) is 5.86. The smallest absolute Gasteiger partial charge is 0.255 e. The fraction of sp³-hybridized carbons (Fsp3) is 0.278. The van der Waals surface area contributed by atoms with E-state index in [4.69, 9.17) is 15.2 Å². The molecule has 0 fully saturated rings. The van der Waals surface area contributed by atoms with Gasteiger partial charge in [0.15, 0.2) is 0 Å². The minimum Gasteiger partial charge on any atom is -0.494 e. The summed E-state index contributed by atoms with van der Waals surface area (Å²) in [4.78, 5) is 12.3. The van der Waals surface area contributed by atoms with Gasteiger partial charge in [0.1, 0.15) is 11.5 Å². The highest BCUT2D eigenvalue weighted by Crippen LogP contribution is 2.25. The monoisotopic (exact) mass is 314 g/mol. The lowest BCUT2D eigenvalue weighted by Gasteiger charge is -2.11. The van der Waals surface area contributed by atoms with Crippen LogP contribution in [0.4, 0.5) is 11.4 Å². The molecule has 0 saturated heterocycles. The first-order valence-corrected chi connectivity index (χ1v) is 7.70. The van der Waals surface area contributed by atoms with Gasteiger partial charge in [-0.25, -0.2) is 0 Å². The number of carbonyl (C=O) groups is 1. The summed E-state index contributed by atoms with van der Waals surface area (Å²) in [5.74, 6) is 1.12. The number of amides is 1. The van der Waals surface area contributed by atoms with Gasteiger partial charge in [0, 0.05) is 11.6 Å². The molecule has 0 aromatic heterocycles. The summed E-state index contributed by atoms with van der Waals surface area (Å²) >= 11 is 0. The van der Waals surface area contributed by atoms with Crippen LogP contribution in [0.25, 0.3) is 0 Å². The lowest BCUT2D eigenvalue weighted by Crippen LogP contribution is -2.13. The number of nitrogen functional groups attached to an aromatic ring is 1. The van der Waals surface area contributed by atoms with Crippen LogP contribution in [-0.2, 0) is 0 Å². The Morgan fingerprint density at radius 3 is 2.57 bits per heavy atom. The molecule has 2 rings (SSSR count). The second-order valence-corrected chi connectivity index (χ2v) is 5.01. The zero-order valence-corrected chi connectivity index (χ0v) is 13.5. The SMILES string of the molecule is CCCOc1cccc(C(=O)Nc2ccc(OCC)cc2N)c1. The first-order valence-electron chi connectivity index (χ1n) is 7.70. The number of nitrogens with one attached hydrogen (secondary N) is 1. The number of rotatable bonds is 7. The molecule has 5 nitrogen and oxygen atoms in total. The fourth-order valence-corrected chi connectivity index (χ4v) is 2.05. The third-order valence-electron chi connectivity index (χ3n) is 3.15. The van der Waals surface area contributed by atoms with Crippen molar-refractivity contribution in [3.63, 3.8) is 0 Å². The average Bonchev–Trinajstić information content (AvgIpc) is 2.56. The average molecular weight is 314 g/mol. The minimum atomic E-state index is -0.234. The molecule has 0 bridgehead atoms. The first kappa shape index (κ1) is 16.7. The fourth-order valence-electron chi connectivity index (χ4n) is 2.05. The molecule has 0 aliphatic carbocycles. The second kappa shape index (κ2) is 8.08. The molecule has 1 amide bonds. The van der Waals surface area contributed by atoms with Gasteiger partial charge >= 0.3 is 0 Å². The van der Waals surface area contributed by atoms with E-state index in [0.717, 1.165) is 6.42 Å². The maximum Gasteiger partial charge on any atom is 0.255 e. The van der Waals surface area contributed by atoms with Crippen LogP contribution in [0.15, 0.2) is 42.5 Å². The highest BCUT2D eigenvalue weighted by molar-refractivity contribution is 6.06. The van der Waals surface area contributed by atoms with Crippen molar-refractivity contribution >= 4 is 17.3 Å². The van der Waals surface area contributed by atoms with Gasteiger partial charge in [0.05, 0.1) is 24.6 Å². The number of anilines is 2. The Labute approximate surface area is 136 Å². The van der Waals surface area contributed by atoms with Crippen molar-refractivity contribution < 1.29 is 14.3 Å². The zero-order chi connectivity index (χ0) is 16.7. The molecular formula is C18H22N2O3. The number of ether oxygens (including phenoxy) is 2. The molecule has 0 spiro atoms. The summed E-state index contributed by atoms with van der Waals surface area (Å²) in [6, 6.07) is 12.3. The predicted molar refractivity (Wildman–Crippen MR) is 92.2 cm³/mol. The Morgan fingerprint density at radius 2 is 1.87 bits per heavy atom. The normalized spacial score (nSPS) is 10.2. The van der Waals surface area contributed by atoms with Crippen LogP contribution < -0.4 is 20.5 Å². The third-order valence-corrected chi connectivity index (χ3v) is 3.15. The van der Waals surface area contributed by atoms with Gasteiger partial charge in [0.25, 0.3) is 5.91 Å². The number of hydrogen-bond donors (Lipinski definition) is 2. The molecule has 3 N–H and O–H groups in total. The lowest BCUT2D eigenvalue weighted by molar-refractivity contribution is 0.102. The van der Waals surface area contributed by atoms with E-state index >= 15 is 0 Å². The van der Waals surface area contributed by atoms with E-state index in [1.807, 2.05) is 19.9 Å². The van der Waals surface area contributed by atoms with Crippen molar-refractivity contribution in [2.24, 2.45) is 0 Å². The van der Waals surface area contributed by atoms with E-state index in [-0.39, 0.29) is 5.91 Å². The van der Waals surface area contributed by atoms with Crippen molar-refractivity contribution in [2.45, 2.75) is 20.3 Å². The number of carbonyl (C=O) groups excluding carboxylic acids is 1. The number of nitrogens with two attached hydrogens (primary N) is 1. The van der Waals surface area contributed by atoms with Gasteiger partial charge < -0.3 is 20.5 Å². The predicted octanol–water partition coefficient (Wildman–Crippen LogP) is 3.71. The van der Waals surface area contributed by atoms with Gasteiger partial charge in [-0.05, 0) is 43.7 Å². The molecule has 122 valence electrons. The van der Waals surface area contributed by atoms with E-state index in [9.17, 15) is 4.79 Å². The van der Waals surface area contributed by atoms with Crippen molar-refractivity contribution in [3.05, 3.63) is 48.0 Å². The lowest BCUT2D eigenvalue weighted by atomic mass is 10.2. The van der Waals surface area contributed by atoms with Crippen molar-refractivity contribution in [3.8, 4) is 11.5 Å². The molecule has 0 radical (unpaired) electrons. The Bertz CT molecular complexity index is 671. The number of hydrogen-bond acceptors (Lipinski definition) is 4. The van der Waals surface area contributed by atoms with Crippen LogP contribution in [0.3, 0.4) is 0 Å². The molecule has 0 unspecified atom stereocenters. The number of benzene rings is 2. The quantitative estimate of drug-likeness (QED) is 0.764. The topological polar surface area (TPSA) is 73.6 Å². The van der Waals surface area contributed by atoms with Crippen LogP contribution in [0.2, 0.25) is 0 Å². The van der Waals surface area contributed by atoms with E-state index < -0.39 is 0 Å². The standard InChI is InChI=1S/C18H22N2O3/c1-3-10-23-14-7-5-6-13(11-14)18(21)20-17-9-8-15(22-4-2)12-16(17)19/h5-9,11-12H,3-4,10,19H2,1-2H3,(H,20,21). The largest absolute Gasteiger partial charge is 0.494 e. The summed E-state index contributed by atoms with van der Waals surface area (Å²) in [7, 11) is 0. The van der Waals surface area contributed by atoms with E-state index in [1.165, 1.54) is 0 Å². The molecule has 2 aromatic rings. The van der Waals surface area contributed by atoms with Crippen LogP contribution in [0.5, 0.6) is 11.5 Å². The molecule has 0 saturated carbocycles. The van der Waals surface area contributed by atoms with Gasteiger partial charge in [0.2, 0.25) is 0 Å². The Hall–Kier alpha value is -2.69. The van der Waals surface area contributed by atoms with Gasteiger partial charge in [-0.1, -0.05) is 13.0 Å².